The van der Waals surface area contributed by atoms with Crippen LogP contribution in [0.3, 0.4) is 0 Å². The summed E-state index contributed by atoms with van der Waals surface area (Å²) in [6, 6.07) is 0. The summed E-state index contributed by atoms with van der Waals surface area (Å²) in [6.07, 6.45) is 8.85. The highest BCUT2D eigenvalue weighted by Gasteiger charge is 2.39. The highest BCUT2D eigenvalue weighted by atomic mass is 28.4. The lowest BCUT2D eigenvalue weighted by Crippen LogP contribution is -2.43. The zero-order valence-electron chi connectivity index (χ0n) is 20.5. The molecule has 1 aliphatic rings. The Kier molecular flexibility index (Phi) is 10.3. The van der Waals surface area contributed by atoms with Crippen molar-refractivity contribution < 1.29 is 18.7 Å². The lowest BCUT2D eigenvalue weighted by molar-refractivity contribution is -0.110. The summed E-state index contributed by atoms with van der Waals surface area (Å²) in [5.41, 5.74) is 0. The van der Waals surface area contributed by atoms with Gasteiger partial charge in [-0.1, -0.05) is 53.7 Å². The Hall–Kier alpha value is -0.493. The van der Waals surface area contributed by atoms with Crippen molar-refractivity contribution in [2.45, 2.75) is 110 Å². The number of aldehydes is 1. The van der Waals surface area contributed by atoms with Gasteiger partial charge in [-0.3, -0.25) is 0 Å². The molecule has 5 heteroatoms. The van der Waals surface area contributed by atoms with Crippen molar-refractivity contribution in [3.05, 3.63) is 12.2 Å². The van der Waals surface area contributed by atoms with Crippen LogP contribution < -0.4 is 0 Å². The molecule has 0 aromatic heterocycles. The molecule has 1 fully saturated rings. The molecule has 1 saturated heterocycles. The van der Waals surface area contributed by atoms with Crippen LogP contribution in [-0.2, 0) is 18.7 Å². The molecule has 0 aromatic rings. The molecule has 1 rings (SSSR count). The number of hydrogen-bond donors (Lipinski definition) is 0. The molecule has 0 amide bonds. The van der Waals surface area contributed by atoms with E-state index in [1.165, 1.54) is 0 Å². The fourth-order valence-electron chi connectivity index (χ4n) is 3.64. The summed E-state index contributed by atoms with van der Waals surface area (Å²) < 4.78 is 18.5. The van der Waals surface area contributed by atoms with Crippen molar-refractivity contribution in [1.82, 2.24) is 0 Å². The third-order valence-electron chi connectivity index (χ3n) is 6.93. The summed E-state index contributed by atoms with van der Waals surface area (Å²) in [6.45, 7) is 19.9. The van der Waals surface area contributed by atoms with Crippen molar-refractivity contribution in [1.29, 1.82) is 0 Å². The lowest BCUT2D eigenvalue weighted by atomic mass is 9.91. The predicted octanol–water partition coefficient (Wildman–Crippen LogP) is 6.01. The molecule has 4 nitrogen and oxygen atoms in total. The second kappa shape index (κ2) is 11.2. The quantitative estimate of drug-likeness (QED) is 0.230. The van der Waals surface area contributed by atoms with Crippen molar-refractivity contribution >= 4 is 14.6 Å². The third-order valence-corrected chi connectivity index (χ3v) is 11.4. The molecule has 0 aromatic carbocycles. The van der Waals surface area contributed by atoms with E-state index in [1.54, 1.807) is 7.11 Å². The molecule has 7 atom stereocenters. The predicted molar refractivity (Wildman–Crippen MR) is 124 cm³/mol. The van der Waals surface area contributed by atoms with Gasteiger partial charge in [0.15, 0.2) is 8.32 Å². The number of hydrogen-bond acceptors (Lipinski definition) is 4. The zero-order valence-corrected chi connectivity index (χ0v) is 21.5. The molecule has 0 saturated carbocycles. The monoisotopic (exact) mass is 426 g/mol. The minimum atomic E-state index is -1.89. The van der Waals surface area contributed by atoms with Gasteiger partial charge in [0.25, 0.3) is 0 Å². The standard InChI is InChI=1S/C24H46O4Si/c1-17(16-25)11-13-21(28-29(9,10)24(5,6)7)14-12-18(2)23-19(3)15-22(27-23)20(4)26-8/h12,14,16-23H,11,13,15H2,1-10H3/b14-12+/t17-,18+,19+,20+,21+,22-,23+/m1/s1. The molecule has 0 unspecified atom stereocenters. The van der Waals surface area contributed by atoms with E-state index in [0.29, 0.717) is 11.8 Å². The van der Waals surface area contributed by atoms with E-state index in [4.69, 9.17) is 13.9 Å². The topological polar surface area (TPSA) is 44.8 Å². The van der Waals surface area contributed by atoms with Crippen LogP contribution in [0.1, 0.15) is 67.7 Å². The second-order valence-corrected chi connectivity index (χ2v) is 15.4. The Morgan fingerprint density at radius 3 is 2.28 bits per heavy atom. The van der Waals surface area contributed by atoms with Crippen molar-refractivity contribution in [2.24, 2.45) is 17.8 Å². The van der Waals surface area contributed by atoms with E-state index in [9.17, 15) is 4.79 Å². The minimum Gasteiger partial charge on any atom is -0.411 e. The molecule has 1 heterocycles. The zero-order chi connectivity index (χ0) is 22.4. The number of carbonyl (C=O) groups excluding carboxylic acids is 1. The molecule has 0 bridgehead atoms. The SMILES string of the molecule is CO[C@@H](C)[C@H]1C[C@H](C)[C@H]([C@@H](C)/C=C/[C@H](CC[C@@H](C)C=O)O[Si](C)(C)C(C)(C)C)O1. The highest BCUT2D eigenvalue weighted by molar-refractivity contribution is 6.74. The van der Waals surface area contributed by atoms with Gasteiger partial charge in [-0.05, 0) is 50.2 Å². The van der Waals surface area contributed by atoms with Gasteiger partial charge < -0.3 is 18.7 Å². The number of ether oxygens (including phenoxy) is 2. The first-order chi connectivity index (χ1) is 13.3. The van der Waals surface area contributed by atoms with Crippen LogP contribution in [0.25, 0.3) is 0 Å². The first-order valence-corrected chi connectivity index (χ1v) is 14.2. The first-order valence-electron chi connectivity index (χ1n) is 11.3. The largest absolute Gasteiger partial charge is 0.411 e. The average molecular weight is 427 g/mol. The Labute approximate surface area is 180 Å². The molecular weight excluding hydrogens is 380 g/mol. The Bertz CT molecular complexity index is 525. The summed E-state index contributed by atoms with van der Waals surface area (Å²) in [5.74, 6) is 0.890. The fourth-order valence-corrected chi connectivity index (χ4v) is 4.95. The molecule has 170 valence electrons. The molecule has 29 heavy (non-hydrogen) atoms. The van der Waals surface area contributed by atoms with E-state index >= 15 is 0 Å². The van der Waals surface area contributed by atoms with Gasteiger partial charge in [0.2, 0.25) is 0 Å². The van der Waals surface area contributed by atoms with E-state index in [1.807, 2.05) is 6.92 Å². The van der Waals surface area contributed by atoms with Crippen LogP contribution in [0.15, 0.2) is 12.2 Å². The van der Waals surface area contributed by atoms with Gasteiger partial charge in [0.05, 0.1) is 24.4 Å². The lowest BCUT2D eigenvalue weighted by Gasteiger charge is -2.39. The molecular formula is C24H46O4Si. The van der Waals surface area contributed by atoms with Crippen molar-refractivity contribution in [3.63, 3.8) is 0 Å². The third kappa shape index (κ3) is 7.93. The second-order valence-electron chi connectivity index (χ2n) is 10.6. The van der Waals surface area contributed by atoms with E-state index in [2.05, 4.69) is 66.8 Å². The van der Waals surface area contributed by atoms with Crippen LogP contribution in [0, 0.1) is 17.8 Å². The Morgan fingerprint density at radius 1 is 1.14 bits per heavy atom. The van der Waals surface area contributed by atoms with Gasteiger partial charge in [-0.2, -0.15) is 0 Å². The van der Waals surface area contributed by atoms with Crippen LogP contribution >= 0.6 is 0 Å². The van der Waals surface area contributed by atoms with E-state index in [0.717, 1.165) is 25.5 Å². The first kappa shape index (κ1) is 26.5. The van der Waals surface area contributed by atoms with Gasteiger partial charge in [-0.15, -0.1) is 0 Å². The van der Waals surface area contributed by atoms with Gasteiger partial charge in [0, 0.05) is 18.9 Å². The molecule has 0 aliphatic carbocycles. The maximum Gasteiger partial charge on any atom is 0.192 e. The molecule has 0 N–H and O–H groups in total. The van der Waals surface area contributed by atoms with E-state index in [-0.39, 0.29) is 35.4 Å². The molecule has 0 spiro atoms. The van der Waals surface area contributed by atoms with Crippen LogP contribution in [0.2, 0.25) is 18.1 Å². The van der Waals surface area contributed by atoms with Crippen molar-refractivity contribution in [3.8, 4) is 0 Å². The fraction of sp³-hybridized carbons (Fsp3) is 0.875. The summed E-state index contributed by atoms with van der Waals surface area (Å²) in [7, 11) is -0.137. The normalized spacial score (nSPS) is 27.7. The van der Waals surface area contributed by atoms with Gasteiger partial charge in [-0.25, -0.2) is 0 Å². The van der Waals surface area contributed by atoms with Crippen LogP contribution in [0.4, 0.5) is 0 Å². The minimum absolute atomic E-state index is 0.0474. The summed E-state index contributed by atoms with van der Waals surface area (Å²) in [4.78, 5) is 11.1. The van der Waals surface area contributed by atoms with Crippen molar-refractivity contribution in [2.75, 3.05) is 7.11 Å². The summed E-state index contributed by atoms with van der Waals surface area (Å²) in [5, 5.41) is 0.160. The smallest absolute Gasteiger partial charge is 0.192 e. The van der Waals surface area contributed by atoms with Gasteiger partial charge in [0.1, 0.15) is 6.29 Å². The maximum absolute atomic E-state index is 11.1. The van der Waals surface area contributed by atoms with E-state index < -0.39 is 8.32 Å². The van der Waals surface area contributed by atoms with Crippen LogP contribution in [0.5, 0.6) is 0 Å². The maximum atomic E-state index is 11.1. The Morgan fingerprint density at radius 2 is 1.76 bits per heavy atom. The molecule has 1 aliphatic heterocycles. The number of carbonyl (C=O) groups is 1. The number of methoxy groups -OCH3 is 1. The van der Waals surface area contributed by atoms with Gasteiger partial charge >= 0.3 is 0 Å². The summed E-state index contributed by atoms with van der Waals surface area (Å²) >= 11 is 0. The highest BCUT2D eigenvalue weighted by Crippen LogP contribution is 2.38. The average Bonchev–Trinajstić information content (AvgIpc) is 3.03. The van der Waals surface area contributed by atoms with Crippen LogP contribution in [-0.4, -0.2) is 46.1 Å². The number of rotatable bonds is 11. The Balaban J connectivity index is 2.85. The molecule has 0 radical (unpaired) electrons.